The lowest BCUT2D eigenvalue weighted by Crippen LogP contribution is -2.05. The minimum Gasteiger partial charge on any atom is -0.300 e. The van der Waals surface area contributed by atoms with E-state index in [0.717, 1.165) is 0 Å². The van der Waals surface area contributed by atoms with Crippen molar-refractivity contribution in [3.05, 3.63) is 0 Å². The Hall–Kier alpha value is -0.0800. The maximum Gasteiger partial charge on any atom is 0.265 e. The van der Waals surface area contributed by atoms with Crippen LogP contribution in [0.5, 0.6) is 0 Å². The SMILES string of the molecule is N=C(CCCl)C(=O)Cl. The zero-order chi connectivity index (χ0) is 6.57. The molecule has 4 heteroatoms. The van der Waals surface area contributed by atoms with E-state index in [0.29, 0.717) is 0 Å². The fourth-order valence-corrected chi connectivity index (χ4v) is 0.476. The Morgan fingerprint density at radius 3 is 2.25 bits per heavy atom. The van der Waals surface area contributed by atoms with Crippen molar-refractivity contribution in [2.45, 2.75) is 6.42 Å². The summed E-state index contributed by atoms with van der Waals surface area (Å²) in [4.78, 5) is 10.0. The second-order valence-corrected chi connectivity index (χ2v) is 1.91. The van der Waals surface area contributed by atoms with E-state index in [-0.39, 0.29) is 18.0 Å². The van der Waals surface area contributed by atoms with Crippen LogP contribution in [0.4, 0.5) is 0 Å². The van der Waals surface area contributed by atoms with Gasteiger partial charge in [0, 0.05) is 12.3 Å². The van der Waals surface area contributed by atoms with Gasteiger partial charge in [0.2, 0.25) is 0 Å². The van der Waals surface area contributed by atoms with Crippen LogP contribution in [0.1, 0.15) is 6.42 Å². The molecule has 0 rings (SSSR count). The zero-order valence-corrected chi connectivity index (χ0v) is 5.59. The fourth-order valence-electron chi connectivity index (χ4n) is 0.193. The van der Waals surface area contributed by atoms with E-state index < -0.39 is 5.24 Å². The number of hydrogen-bond donors (Lipinski definition) is 1. The Morgan fingerprint density at radius 2 is 2.12 bits per heavy atom. The van der Waals surface area contributed by atoms with E-state index in [9.17, 15) is 4.79 Å². The molecular formula is C4H5Cl2NO. The lowest BCUT2D eigenvalue weighted by atomic mass is 10.3. The number of carbonyl (C=O) groups excluding carboxylic acids is 1. The molecule has 2 nitrogen and oxygen atoms in total. The van der Waals surface area contributed by atoms with Crippen LogP contribution in [-0.4, -0.2) is 16.8 Å². The van der Waals surface area contributed by atoms with Crippen molar-refractivity contribution in [3.8, 4) is 0 Å². The van der Waals surface area contributed by atoms with E-state index in [1.165, 1.54) is 0 Å². The largest absolute Gasteiger partial charge is 0.300 e. The quantitative estimate of drug-likeness (QED) is 0.372. The number of alkyl halides is 1. The van der Waals surface area contributed by atoms with Crippen molar-refractivity contribution < 1.29 is 4.79 Å². The molecule has 0 radical (unpaired) electrons. The average Bonchev–Trinajstić information content (AvgIpc) is 1.67. The molecular weight excluding hydrogens is 149 g/mol. The Morgan fingerprint density at radius 1 is 1.62 bits per heavy atom. The smallest absolute Gasteiger partial charge is 0.265 e. The number of hydrogen-bond acceptors (Lipinski definition) is 2. The molecule has 0 bridgehead atoms. The summed E-state index contributed by atoms with van der Waals surface area (Å²) in [6, 6.07) is 0. The van der Waals surface area contributed by atoms with Crippen LogP contribution in [-0.2, 0) is 4.79 Å². The third-order valence-electron chi connectivity index (χ3n) is 0.582. The second-order valence-electron chi connectivity index (χ2n) is 1.19. The lowest BCUT2D eigenvalue weighted by molar-refractivity contribution is -0.106. The number of halogens is 2. The molecule has 0 aliphatic heterocycles. The molecule has 0 atom stereocenters. The second kappa shape index (κ2) is 3.87. The molecule has 0 saturated carbocycles. The third kappa shape index (κ3) is 2.99. The van der Waals surface area contributed by atoms with Gasteiger partial charge >= 0.3 is 0 Å². The minimum absolute atomic E-state index is 0.123. The van der Waals surface area contributed by atoms with Crippen LogP contribution in [0.15, 0.2) is 0 Å². The van der Waals surface area contributed by atoms with Gasteiger partial charge in [0.05, 0.1) is 5.71 Å². The molecule has 46 valence electrons. The summed E-state index contributed by atoms with van der Waals surface area (Å²) in [7, 11) is 0. The van der Waals surface area contributed by atoms with Gasteiger partial charge in [-0.05, 0) is 11.6 Å². The van der Waals surface area contributed by atoms with Crippen LogP contribution >= 0.6 is 23.2 Å². The molecule has 0 aromatic heterocycles. The van der Waals surface area contributed by atoms with Crippen molar-refractivity contribution in [3.63, 3.8) is 0 Å². The predicted molar refractivity (Wildman–Crippen MR) is 33.9 cm³/mol. The number of nitrogens with one attached hydrogen (secondary N) is 1. The monoisotopic (exact) mass is 153 g/mol. The van der Waals surface area contributed by atoms with E-state index in [1.54, 1.807) is 0 Å². The summed E-state index contributed by atoms with van der Waals surface area (Å²) < 4.78 is 0. The van der Waals surface area contributed by atoms with Gasteiger partial charge in [0.1, 0.15) is 0 Å². The van der Waals surface area contributed by atoms with Crippen LogP contribution in [0, 0.1) is 5.41 Å². The summed E-state index contributed by atoms with van der Waals surface area (Å²) in [5, 5.41) is 6.06. The first-order chi connectivity index (χ1) is 3.68. The first kappa shape index (κ1) is 7.92. The summed E-state index contributed by atoms with van der Waals surface area (Å²) in [6.45, 7) is 0. The van der Waals surface area contributed by atoms with Crippen molar-refractivity contribution in [1.82, 2.24) is 0 Å². The van der Waals surface area contributed by atoms with Crippen molar-refractivity contribution in [2.24, 2.45) is 0 Å². The zero-order valence-electron chi connectivity index (χ0n) is 4.08. The topological polar surface area (TPSA) is 40.9 Å². The highest BCUT2D eigenvalue weighted by Crippen LogP contribution is 1.91. The molecule has 0 unspecified atom stereocenters. The average molecular weight is 154 g/mol. The Labute approximate surface area is 57.3 Å². The summed E-state index contributed by atoms with van der Waals surface area (Å²) >= 11 is 10.1. The van der Waals surface area contributed by atoms with Gasteiger partial charge in [-0.1, -0.05) is 0 Å². The van der Waals surface area contributed by atoms with Gasteiger partial charge in [-0.2, -0.15) is 0 Å². The Bertz CT molecular complexity index is 113. The fraction of sp³-hybridized carbons (Fsp3) is 0.500. The molecule has 0 amide bonds. The summed E-state index contributed by atoms with van der Waals surface area (Å²) in [5.41, 5.74) is -0.123. The van der Waals surface area contributed by atoms with Crippen molar-refractivity contribution in [1.29, 1.82) is 5.41 Å². The van der Waals surface area contributed by atoms with Gasteiger partial charge in [-0.25, -0.2) is 0 Å². The van der Waals surface area contributed by atoms with Crippen molar-refractivity contribution in [2.75, 3.05) is 5.88 Å². The molecule has 0 spiro atoms. The highest BCUT2D eigenvalue weighted by atomic mass is 35.5. The van der Waals surface area contributed by atoms with Gasteiger partial charge in [-0.3, -0.25) is 4.79 Å². The maximum atomic E-state index is 10.0. The first-order valence-electron chi connectivity index (χ1n) is 2.01. The summed E-state index contributed by atoms with van der Waals surface area (Å²) in [5.74, 6) is 0.275. The third-order valence-corrected chi connectivity index (χ3v) is 0.999. The summed E-state index contributed by atoms with van der Waals surface area (Å²) in [6.07, 6.45) is 0.254. The van der Waals surface area contributed by atoms with E-state index in [1.807, 2.05) is 0 Å². The van der Waals surface area contributed by atoms with Crippen LogP contribution in [0.2, 0.25) is 0 Å². The Kier molecular flexibility index (Phi) is 3.83. The molecule has 8 heavy (non-hydrogen) atoms. The normalized spacial score (nSPS) is 8.75. The molecule has 0 saturated heterocycles. The molecule has 0 aromatic carbocycles. The van der Waals surface area contributed by atoms with Gasteiger partial charge in [0.15, 0.2) is 0 Å². The van der Waals surface area contributed by atoms with E-state index in [2.05, 4.69) is 0 Å². The van der Waals surface area contributed by atoms with Gasteiger partial charge < -0.3 is 5.41 Å². The Balaban J connectivity index is 3.49. The maximum absolute atomic E-state index is 10.0. The molecule has 0 fully saturated rings. The minimum atomic E-state index is -0.717. The van der Waals surface area contributed by atoms with Gasteiger partial charge in [-0.15, -0.1) is 11.6 Å². The molecule has 1 N–H and O–H groups in total. The standard InChI is InChI=1S/C4H5Cl2NO/c5-2-1-3(7)4(6)8/h7H,1-2H2. The van der Waals surface area contributed by atoms with Crippen LogP contribution in [0.25, 0.3) is 0 Å². The van der Waals surface area contributed by atoms with Crippen LogP contribution in [0.3, 0.4) is 0 Å². The molecule has 0 aliphatic carbocycles. The molecule has 0 aromatic rings. The highest BCUT2D eigenvalue weighted by molar-refractivity contribution is 6.81. The van der Waals surface area contributed by atoms with Crippen LogP contribution < -0.4 is 0 Å². The van der Waals surface area contributed by atoms with Crippen molar-refractivity contribution >= 4 is 34.2 Å². The first-order valence-corrected chi connectivity index (χ1v) is 2.93. The van der Waals surface area contributed by atoms with Gasteiger partial charge in [0.25, 0.3) is 5.24 Å². The van der Waals surface area contributed by atoms with E-state index in [4.69, 9.17) is 28.6 Å². The lowest BCUT2D eigenvalue weighted by Gasteiger charge is -1.88. The highest BCUT2D eigenvalue weighted by Gasteiger charge is 2.02. The molecule has 0 aliphatic rings. The van der Waals surface area contributed by atoms with E-state index >= 15 is 0 Å². The number of carbonyl (C=O) groups is 1. The number of rotatable bonds is 3. The predicted octanol–water partition coefficient (Wildman–Crippen LogP) is 1.40. The molecule has 0 heterocycles.